The molecule has 4 aromatic rings. The maximum absolute atomic E-state index is 13.9. The van der Waals surface area contributed by atoms with Gasteiger partial charge in [0.1, 0.15) is 17.4 Å². The standard InChI is InChI=1S/2C18H17FO4/c1-21-13-9-7-12(15(19)11-13)8-10-16(20)14-5-4-6-17(22-2)18(14)23-3;1-21-16-11-9-13(17(22-2)18(16)23-3)15(20)10-8-12-6-4-5-7-14(12)19/h2*4-11H,1-3H3/b2*10-8+. The van der Waals surface area contributed by atoms with Gasteiger partial charge in [-0.3, -0.25) is 9.59 Å². The highest BCUT2D eigenvalue weighted by Gasteiger charge is 2.19. The Kier molecular flexibility index (Phi) is 12.9. The summed E-state index contributed by atoms with van der Waals surface area (Å²) in [5.74, 6) is 0.792. The van der Waals surface area contributed by atoms with Crippen LogP contribution in [0.3, 0.4) is 0 Å². The maximum Gasteiger partial charge on any atom is 0.204 e. The summed E-state index contributed by atoms with van der Waals surface area (Å²) < 4.78 is 58.5. The molecule has 0 aliphatic rings. The predicted molar refractivity (Wildman–Crippen MR) is 172 cm³/mol. The molecule has 240 valence electrons. The van der Waals surface area contributed by atoms with Gasteiger partial charge in [0.2, 0.25) is 5.75 Å². The number of rotatable bonds is 12. The average molecular weight is 633 g/mol. The van der Waals surface area contributed by atoms with Gasteiger partial charge in [-0.05, 0) is 66.8 Å². The molecule has 0 spiro atoms. The summed E-state index contributed by atoms with van der Waals surface area (Å²) in [4.78, 5) is 24.7. The molecule has 0 atom stereocenters. The van der Waals surface area contributed by atoms with Crippen molar-refractivity contribution in [2.24, 2.45) is 0 Å². The number of benzene rings is 4. The lowest BCUT2D eigenvalue weighted by atomic mass is 10.1. The van der Waals surface area contributed by atoms with E-state index in [9.17, 15) is 18.4 Å². The van der Waals surface area contributed by atoms with Crippen LogP contribution in [0, 0.1) is 11.6 Å². The summed E-state index contributed by atoms with van der Waals surface area (Å²) >= 11 is 0. The van der Waals surface area contributed by atoms with E-state index in [-0.39, 0.29) is 17.3 Å². The predicted octanol–water partition coefficient (Wildman–Crippen LogP) is 7.50. The van der Waals surface area contributed by atoms with Crippen LogP contribution in [0.25, 0.3) is 12.2 Å². The molecule has 0 fully saturated rings. The van der Waals surface area contributed by atoms with E-state index in [1.54, 1.807) is 60.7 Å². The number of ketones is 2. The number of carbonyl (C=O) groups is 2. The Morgan fingerprint density at radius 2 is 1.09 bits per heavy atom. The van der Waals surface area contributed by atoms with Crippen LogP contribution < -0.4 is 28.4 Å². The lowest BCUT2D eigenvalue weighted by Gasteiger charge is -2.14. The van der Waals surface area contributed by atoms with Gasteiger partial charge in [0.15, 0.2) is 34.6 Å². The van der Waals surface area contributed by atoms with Crippen LogP contribution >= 0.6 is 0 Å². The van der Waals surface area contributed by atoms with Crippen LogP contribution in [-0.2, 0) is 0 Å². The van der Waals surface area contributed by atoms with Crippen LogP contribution in [0.15, 0.2) is 84.9 Å². The van der Waals surface area contributed by atoms with Crippen molar-refractivity contribution < 1.29 is 46.8 Å². The summed E-state index contributed by atoms with van der Waals surface area (Å²) in [6.45, 7) is 0. The Balaban J connectivity index is 0.000000250. The lowest BCUT2D eigenvalue weighted by molar-refractivity contribution is 0.103. The number of methoxy groups -OCH3 is 6. The minimum absolute atomic E-state index is 0.273. The van der Waals surface area contributed by atoms with Crippen LogP contribution in [0.1, 0.15) is 31.8 Å². The zero-order chi connectivity index (χ0) is 33.6. The number of para-hydroxylation sites is 1. The normalized spacial score (nSPS) is 10.6. The Bertz CT molecular complexity index is 1730. The van der Waals surface area contributed by atoms with Gasteiger partial charge in [-0.25, -0.2) is 8.78 Å². The van der Waals surface area contributed by atoms with Crippen molar-refractivity contribution in [3.63, 3.8) is 0 Å². The fraction of sp³-hybridized carbons (Fsp3) is 0.167. The zero-order valence-electron chi connectivity index (χ0n) is 26.3. The van der Waals surface area contributed by atoms with Crippen LogP contribution in [0.2, 0.25) is 0 Å². The second kappa shape index (κ2) is 17.0. The molecule has 0 bridgehead atoms. The minimum atomic E-state index is -0.467. The Morgan fingerprint density at radius 3 is 1.63 bits per heavy atom. The van der Waals surface area contributed by atoms with E-state index in [1.165, 1.54) is 79.1 Å². The van der Waals surface area contributed by atoms with E-state index in [2.05, 4.69) is 0 Å². The summed E-state index contributed by atoms with van der Waals surface area (Å²) in [6, 6.07) is 18.8. The van der Waals surface area contributed by atoms with Gasteiger partial charge in [0.25, 0.3) is 0 Å². The third-order valence-corrected chi connectivity index (χ3v) is 6.58. The molecule has 0 unspecified atom stereocenters. The molecular weight excluding hydrogens is 598 g/mol. The molecule has 0 aliphatic carbocycles. The smallest absolute Gasteiger partial charge is 0.204 e. The molecule has 0 N–H and O–H groups in total. The molecule has 46 heavy (non-hydrogen) atoms. The molecule has 4 rings (SSSR count). The molecule has 0 amide bonds. The van der Waals surface area contributed by atoms with Gasteiger partial charge in [-0.1, -0.05) is 24.3 Å². The maximum atomic E-state index is 13.9. The third kappa shape index (κ3) is 8.50. The zero-order valence-corrected chi connectivity index (χ0v) is 26.3. The third-order valence-electron chi connectivity index (χ3n) is 6.58. The van der Waals surface area contributed by atoms with Crippen molar-refractivity contribution in [2.45, 2.75) is 0 Å². The summed E-state index contributed by atoms with van der Waals surface area (Å²) in [6.07, 6.45) is 5.42. The highest BCUT2D eigenvalue weighted by molar-refractivity contribution is 6.10. The largest absolute Gasteiger partial charge is 0.497 e. The summed E-state index contributed by atoms with van der Waals surface area (Å²) in [5, 5.41) is 0. The molecule has 0 aliphatic heterocycles. The fourth-order valence-electron chi connectivity index (χ4n) is 4.27. The van der Waals surface area contributed by atoms with Crippen molar-refractivity contribution in [1.82, 2.24) is 0 Å². The van der Waals surface area contributed by atoms with E-state index in [0.717, 1.165) is 0 Å². The number of carbonyl (C=O) groups excluding carboxylic acids is 2. The van der Waals surface area contributed by atoms with Gasteiger partial charge in [-0.2, -0.15) is 0 Å². The molecule has 0 heterocycles. The van der Waals surface area contributed by atoms with Crippen molar-refractivity contribution in [1.29, 1.82) is 0 Å². The number of ether oxygens (including phenoxy) is 6. The van der Waals surface area contributed by atoms with E-state index in [0.29, 0.717) is 51.0 Å². The Hall–Kier alpha value is -5.64. The van der Waals surface area contributed by atoms with E-state index < -0.39 is 11.6 Å². The topological polar surface area (TPSA) is 89.5 Å². The SMILES string of the molecule is COc1ccc(/C=C/C(=O)c2cccc(OC)c2OC)c(F)c1.COc1ccc(C(=O)/C=C/c2ccccc2F)c(OC)c1OC. The van der Waals surface area contributed by atoms with Crippen molar-refractivity contribution in [3.8, 4) is 34.5 Å². The second-order valence-electron chi connectivity index (χ2n) is 9.23. The van der Waals surface area contributed by atoms with Gasteiger partial charge < -0.3 is 28.4 Å². The highest BCUT2D eigenvalue weighted by Crippen LogP contribution is 2.40. The number of hydrogen-bond donors (Lipinski definition) is 0. The van der Waals surface area contributed by atoms with Crippen LogP contribution in [0.5, 0.6) is 34.5 Å². The first-order valence-corrected chi connectivity index (χ1v) is 13.8. The monoisotopic (exact) mass is 632 g/mol. The number of allylic oxidation sites excluding steroid dienone is 2. The van der Waals surface area contributed by atoms with E-state index in [1.807, 2.05) is 0 Å². The van der Waals surface area contributed by atoms with E-state index >= 15 is 0 Å². The molecule has 0 aromatic heterocycles. The molecule has 10 heteroatoms. The fourth-order valence-corrected chi connectivity index (χ4v) is 4.27. The van der Waals surface area contributed by atoms with Gasteiger partial charge in [-0.15, -0.1) is 0 Å². The van der Waals surface area contributed by atoms with Crippen molar-refractivity contribution in [2.75, 3.05) is 42.7 Å². The molecule has 4 aromatic carbocycles. The second-order valence-corrected chi connectivity index (χ2v) is 9.23. The summed E-state index contributed by atoms with van der Waals surface area (Å²) in [7, 11) is 8.81. The van der Waals surface area contributed by atoms with Crippen LogP contribution in [0.4, 0.5) is 8.78 Å². The van der Waals surface area contributed by atoms with Crippen LogP contribution in [-0.4, -0.2) is 54.2 Å². The molecule has 0 saturated heterocycles. The van der Waals surface area contributed by atoms with Crippen molar-refractivity contribution >= 4 is 23.7 Å². The first-order chi connectivity index (χ1) is 22.2. The minimum Gasteiger partial charge on any atom is -0.497 e. The van der Waals surface area contributed by atoms with E-state index in [4.69, 9.17) is 28.4 Å². The summed E-state index contributed by atoms with van der Waals surface area (Å²) in [5.41, 5.74) is 1.27. The Morgan fingerprint density at radius 1 is 0.522 bits per heavy atom. The first kappa shape index (κ1) is 34.8. The average Bonchev–Trinajstić information content (AvgIpc) is 3.09. The Labute approximate surface area is 266 Å². The van der Waals surface area contributed by atoms with Gasteiger partial charge in [0.05, 0.1) is 53.8 Å². The molecular formula is C36H34F2O8. The van der Waals surface area contributed by atoms with Gasteiger partial charge >= 0.3 is 0 Å². The number of hydrogen-bond acceptors (Lipinski definition) is 8. The number of halogens is 2. The molecule has 0 saturated carbocycles. The first-order valence-electron chi connectivity index (χ1n) is 13.8. The quantitative estimate of drug-likeness (QED) is 0.117. The highest BCUT2D eigenvalue weighted by atomic mass is 19.1. The van der Waals surface area contributed by atoms with Gasteiger partial charge in [0, 0.05) is 17.2 Å². The lowest BCUT2D eigenvalue weighted by Crippen LogP contribution is -2.03. The molecule has 0 radical (unpaired) electrons. The molecule has 8 nitrogen and oxygen atoms in total. The van der Waals surface area contributed by atoms with Crippen molar-refractivity contribution in [3.05, 3.63) is 119 Å².